The molecule has 0 N–H and O–H groups in total. The molecule has 98 valence electrons. The zero-order valence-electron chi connectivity index (χ0n) is 9.29. The van der Waals surface area contributed by atoms with Crippen molar-refractivity contribution in [3.05, 3.63) is 56.2 Å². The molecular formula is C13H6BrCl2FO2. The minimum Gasteiger partial charge on any atom is -0.455 e. The zero-order valence-corrected chi connectivity index (χ0v) is 12.4. The van der Waals surface area contributed by atoms with Gasteiger partial charge in [0, 0.05) is 11.6 Å². The Labute approximate surface area is 127 Å². The van der Waals surface area contributed by atoms with Gasteiger partial charge in [0.05, 0.1) is 14.5 Å². The Morgan fingerprint density at radius 2 is 1.84 bits per heavy atom. The maximum absolute atomic E-state index is 13.4. The highest BCUT2D eigenvalue weighted by atomic mass is 79.9. The number of aldehydes is 1. The molecule has 2 aromatic rings. The quantitative estimate of drug-likeness (QED) is 0.531. The molecule has 0 atom stereocenters. The van der Waals surface area contributed by atoms with E-state index in [9.17, 15) is 9.18 Å². The van der Waals surface area contributed by atoms with E-state index in [0.717, 1.165) is 6.07 Å². The third kappa shape index (κ3) is 3.26. The van der Waals surface area contributed by atoms with Gasteiger partial charge in [0.1, 0.15) is 23.6 Å². The monoisotopic (exact) mass is 362 g/mol. The molecule has 0 aliphatic carbocycles. The van der Waals surface area contributed by atoms with Gasteiger partial charge in [0.25, 0.3) is 0 Å². The third-order valence-electron chi connectivity index (χ3n) is 2.29. The first-order valence-corrected chi connectivity index (χ1v) is 6.63. The summed E-state index contributed by atoms with van der Waals surface area (Å²) in [5.74, 6) is -0.0437. The third-order valence-corrected chi connectivity index (χ3v) is 3.49. The average Bonchev–Trinajstić information content (AvgIpc) is 2.38. The first-order chi connectivity index (χ1) is 9.01. The van der Waals surface area contributed by atoms with Gasteiger partial charge in [-0.05, 0) is 40.2 Å². The molecule has 0 aromatic heterocycles. The molecule has 0 aliphatic heterocycles. The summed E-state index contributed by atoms with van der Waals surface area (Å²) in [5.41, 5.74) is 0.429. The Bertz CT molecular complexity index is 647. The van der Waals surface area contributed by atoms with Crippen LogP contribution >= 0.6 is 39.1 Å². The Morgan fingerprint density at radius 3 is 2.47 bits per heavy atom. The molecular weight excluding hydrogens is 358 g/mol. The van der Waals surface area contributed by atoms with Crippen molar-refractivity contribution < 1.29 is 13.9 Å². The fourth-order valence-electron chi connectivity index (χ4n) is 1.37. The molecule has 0 fully saturated rings. The summed E-state index contributed by atoms with van der Waals surface area (Å²) in [5, 5.41) is 0.244. The predicted octanol–water partition coefficient (Wildman–Crippen LogP) is 5.50. The van der Waals surface area contributed by atoms with Crippen LogP contribution in [-0.2, 0) is 0 Å². The van der Waals surface area contributed by atoms with E-state index in [1.54, 1.807) is 6.07 Å². The molecule has 0 unspecified atom stereocenters. The van der Waals surface area contributed by atoms with E-state index in [4.69, 9.17) is 27.9 Å². The standard InChI is InChI=1S/C13H6BrCl2FO2/c14-8-4-9(15)11(17)5-13(8)19-12-2-1-7(6-18)3-10(12)16/h1-6H. The molecule has 2 rings (SSSR count). The second-order valence-corrected chi connectivity index (χ2v) is 5.28. The van der Waals surface area contributed by atoms with Crippen LogP contribution in [0.4, 0.5) is 4.39 Å². The highest BCUT2D eigenvalue weighted by Crippen LogP contribution is 2.36. The highest BCUT2D eigenvalue weighted by molar-refractivity contribution is 9.10. The lowest BCUT2D eigenvalue weighted by atomic mass is 10.2. The van der Waals surface area contributed by atoms with Crippen molar-refractivity contribution in [3.8, 4) is 11.5 Å². The second-order valence-electron chi connectivity index (χ2n) is 3.61. The molecule has 2 nitrogen and oxygen atoms in total. The number of halogens is 4. The summed E-state index contributed by atoms with van der Waals surface area (Å²) in [6.07, 6.45) is 0.674. The van der Waals surface area contributed by atoms with Gasteiger partial charge < -0.3 is 4.74 Å². The maximum atomic E-state index is 13.4. The average molecular weight is 364 g/mol. The molecule has 0 bridgehead atoms. The van der Waals surface area contributed by atoms with Crippen LogP contribution in [0.15, 0.2) is 34.8 Å². The maximum Gasteiger partial charge on any atom is 0.150 e. The summed E-state index contributed by atoms with van der Waals surface area (Å²) in [6, 6.07) is 7.08. The van der Waals surface area contributed by atoms with Gasteiger partial charge >= 0.3 is 0 Å². The fourth-order valence-corrected chi connectivity index (χ4v) is 2.32. The van der Waals surface area contributed by atoms with Crippen LogP contribution in [0.25, 0.3) is 0 Å². The van der Waals surface area contributed by atoms with Gasteiger partial charge in [-0.25, -0.2) is 4.39 Å². The van der Waals surface area contributed by atoms with Crippen molar-refractivity contribution in [2.45, 2.75) is 0 Å². The molecule has 0 radical (unpaired) electrons. The first-order valence-electron chi connectivity index (χ1n) is 5.08. The molecule has 0 spiro atoms. The van der Waals surface area contributed by atoms with Crippen LogP contribution in [-0.4, -0.2) is 6.29 Å². The SMILES string of the molecule is O=Cc1ccc(Oc2cc(F)c(Cl)cc2Br)c(Cl)c1. The van der Waals surface area contributed by atoms with E-state index in [1.807, 2.05) is 0 Å². The van der Waals surface area contributed by atoms with E-state index in [-0.39, 0.29) is 15.8 Å². The summed E-state index contributed by atoms with van der Waals surface area (Å²) in [7, 11) is 0. The lowest BCUT2D eigenvalue weighted by Gasteiger charge is -2.10. The Balaban J connectivity index is 2.36. The van der Waals surface area contributed by atoms with Gasteiger partial charge in [-0.2, -0.15) is 0 Å². The van der Waals surface area contributed by atoms with Crippen LogP contribution in [0.5, 0.6) is 11.5 Å². The summed E-state index contributed by atoms with van der Waals surface area (Å²) >= 11 is 14.8. The minimum absolute atomic E-state index is 0.0124. The van der Waals surface area contributed by atoms with Crippen LogP contribution in [0.1, 0.15) is 10.4 Å². The Kier molecular flexibility index (Phi) is 4.45. The van der Waals surface area contributed by atoms with E-state index in [2.05, 4.69) is 15.9 Å². The Hall–Kier alpha value is -1.10. The summed E-state index contributed by atoms with van der Waals surface area (Å²) in [4.78, 5) is 10.6. The lowest BCUT2D eigenvalue weighted by molar-refractivity contribution is 0.112. The van der Waals surface area contributed by atoms with Gasteiger partial charge in [-0.3, -0.25) is 4.79 Å². The van der Waals surface area contributed by atoms with Gasteiger partial charge in [-0.1, -0.05) is 23.2 Å². The molecule has 19 heavy (non-hydrogen) atoms. The largest absolute Gasteiger partial charge is 0.455 e. The van der Waals surface area contributed by atoms with Crippen LogP contribution in [0, 0.1) is 5.82 Å². The lowest BCUT2D eigenvalue weighted by Crippen LogP contribution is -1.90. The second kappa shape index (κ2) is 5.90. The predicted molar refractivity (Wildman–Crippen MR) is 76.0 cm³/mol. The van der Waals surface area contributed by atoms with Gasteiger partial charge in [0.15, 0.2) is 0 Å². The van der Waals surface area contributed by atoms with E-state index < -0.39 is 5.82 Å². The topological polar surface area (TPSA) is 26.3 Å². The van der Waals surface area contributed by atoms with Gasteiger partial charge in [0.2, 0.25) is 0 Å². The molecule has 2 aromatic carbocycles. The van der Waals surface area contributed by atoms with E-state index in [1.165, 1.54) is 18.2 Å². The van der Waals surface area contributed by atoms with Crippen LogP contribution in [0.3, 0.4) is 0 Å². The van der Waals surface area contributed by atoms with Crippen molar-refractivity contribution in [1.29, 1.82) is 0 Å². The summed E-state index contributed by atoms with van der Waals surface area (Å²) in [6.45, 7) is 0. The number of hydrogen-bond donors (Lipinski definition) is 0. The molecule has 0 amide bonds. The number of hydrogen-bond acceptors (Lipinski definition) is 2. The smallest absolute Gasteiger partial charge is 0.150 e. The summed E-state index contributed by atoms with van der Waals surface area (Å²) < 4.78 is 19.3. The molecule has 0 saturated heterocycles. The first kappa shape index (κ1) is 14.3. The van der Waals surface area contributed by atoms with Crippen molar-refractivity contribution >= 4 is 45.4 Å². The van der Waals surface area contributed by atoms with E-state index in [0.29, 0.717) is 22.1 Å². The van der Waals surface area contributed by atoms with Crippen molar-refractivity contribution in [2.24, 2.45) is 0 Å². The Morgan fingerprint density at radius 1 is 1.11 bits per heavy atom. The molecule has 0 aliphatic rings. The molecule has 0 saturated carbocycles. The fraction of sp³-hybridized carbons (Fsp3) is 0. The van der Waals surface area contributed by atoms with Crippen LogP contribution < -0.4 is 4.74 Å². The highest BCUT2D eigenvalue weighted by Gasteiger charge is 2.11. The number of ether oxygens (including phenoxy) is 1. The van der Waals surface area contributed by atoms with Crippen molar-refractivity contribution in [1.82, 2.24) is 0 Å². The number of carbonyl (C=O) groups excluding carboxylic acids is 1. The van der Waals surface area contributed by atoms with E-state index >= 15 is 0 Å². The van der Waals surface area contributed by atoms with Crippen LogP contribution in [0.2, 0.25) is 10.0 Å². The number of rotatable bonds is 3. The van der Waals surface area contributed by atoms with Gasteiger partial charge in [-0.15, -0.1) is 0 Å². The molecule has 6 heteroatoms. The normalized spacial score (nSPS) is 10.3. The number of carbonyl (C=O) groups is 1. The van der Waals surface area contributed by atoms with Crippen molar-refractivity contribution in [3.63, 3.8) is 0 Å². The zero-order chi connectivity index (χ0) is 14.0. The number of benzene rings is 2. The molecule has 0 heterocycles. The van der Waals surface area contributed by atoms with Crippen molar-refractivity contribution in [2.75, 3.05) is 0 Å². The minimum atomic E-state index is -0.597.